The van der Waals surface area contributed by atoms with Gasteiger partial charge in [0.1, 0.15) is 11.2 Å². The van der Waals surface area contributed by atoms with Crippen LogP contribution in [0.4, 0.5) is 0 Å². The van der Waals surface area contributed by atoms with Gasteiger partial charge < -0.3 is 9.47 Å². The molecule has 0 spiro atoms. The van der Waals surface area contributed by atoms with Gasteiger partial charge in [-0.25, -0.2) is 9.59 Å². The van der Waals surface area contributed by atoms with Crippen LogP contribution in [0.3, 0.4) is 0 Å². The van der Waals surface area contributed by atoms with Crippen molar-refractivity contribution in [3.8, 4) is 6.07 Å². The van der Waals surface area contributed by atoms with Crippen LogP contribution in [0, 0.1) is 22.7 Å². The van der Waals surface area contributed by atoms with Crippen molar-refractivity contribution in [2.24, 2.45) is 11.3 Å². The topological polar surface area (TPSA) is 76.4 Å². The van der Waals surface area contributed by atoms with Gasteiger partial charge in [-0.1, -0.05) is 13.8 Å². The summed E-state index contributed by atoms with van der Waals surface area (Å²) in [5.74, 6) is -1.63. The minimum atomic E-state index is -1.52. The zero-order chi connectivity index (χ0) is 17.8. The molecule has 0 amide bonds. The third-order valence-electron chi connectivity index (χ3n) is 2.72. The van der Waals surface area contributed by atoms with E-state index in [1.807, 2.05) is 6.07 Å². The van der Waals surface area contributed by atoms with E-state index < -0.39 is 28.6 Å². The number of hydrogen-bond acceptors (Lipinski definition) is 5. The van der Waals surface area contributed by atoms with Crippen LogP contribution in [0.25, 0.3) is 0 Å². The van der Waals surface area contributed by atoms with Crippen molar-refractivity contribution in [3.05, 3.63) is 12.2 Å². The lowest BCUT2D eigenvalue weighted by Gasteiger charge is -2.29. The number of carbonyl (C=O) groups is 2. The first kappa shape index (κ1) is 20.2. The summed E-state index contributed by atoms with van der Waals surface area (Å²) in [7, 11) is 0. The van der Waals surface area contributed by atoms with E-state index in [0.717, 1.165) is 6.08 Å². The predicted molar refractivity (Wildman–Crippen MR) is 83.7 cm³/mol. The van der Waals surface area contributed by atoms with E-state index in [9.17, 15) is 14.9 Å². The van der Waals surface area contributed by atoms with E-state index in [1.54, 1.807) is 55.4 Å². The Morgan fingerprint density at radius 2 is 1.45 bits per heavy atom. The van der Waals surface area contributed by atoms with E-state index in [-0.39, 0.29) is 5.92 Å². The van der Waals surface area contributed by atoms with E-state index >= 15 is 0 Å². The third-order valence-corrected chi connectivity index (χ3v) is 2.72. The molecule has 0 aromatic rings. The number of carbonyl (C=O) groups excluding carboxylic acids is 2. The maximum Gasteiger partial charge on any atom is 0.331 e. The summed E-state index contributed by atoms with van der Waals surface area (Å²) in [4.78, 5) is 24.2. The maximum atomic E-state index is 12.4. The highest BCUT2D eigenvalue weighted by Gasteiger charge is 2.43. The number of rotatable bonds is 4. The van der Waals surface area contributed by atoms with E-state index in [0.29, 0.717) is 0 Å². The van der Waals surface area contributed by atoms with Gasteiger partial charge in [0.15, 0.2) is 5.41 Å². The Morgan fingerprint density at radius 3 is 1.77 bits per heavy atom. The van der Waals surface area contributed by atoms with E-state index in [2.05, 4.69) is 0 Å². The van der Waals surface area contributed by atoms with E-state index in [4.69, 9.17) is 9.47 Å². The van der Waals surface area contributed by atoms with Gasteiger partial charge in [-0.05, 0) is 53.5 Å². The van der Waals surface area contributed by atoms with Gasteiger partial charge in [0.2, 0.25) is 0 Å². The lowest BCUT2D eigenvalue weighted by molar-refractivity contribution is -0.163. The Morgan fingerprint density at radius 1 is 1.00 bits per heavy atom. The molecule has 0 aliphatic rings. The summed E-state index contributed by atoms with van der Waals surface area (Å²) < 4.78 is 10.5. The molecule has 5 heteroatoms. The molecule has 5 nitrogen and oxygen atoms in total. The van der Waals surface area contributed by atoms with Gasteiger partial charge in [-0.2, -0.15) is 5.26 Å². The molecule has 0 aliphatic carbocycles. The van der Waals surface area contributed by atoms with Crippen molar-refractivity contribution in [1.29, 1.82) is 5.26 Å². The van der Waals surface area contributed by atoms with Crippen molar-refractivity contribution >= 4 is 11.9 Å². The fourth-order valence-corrected chi connectivity index (χ4v) is 1.61. The fraction of sp³-hybridized carbons (Fsp3) is 0.706. The summed E-state index contributed by atoms with van der Waals surface area (Å²) in [6, 6.07) is 1.99. The number of ether oxygens (including phenoxy) is 2. The molecule has 124 valence electrons. The monoisotopic (exact) mass is 309 g/mol. The zero-order valence-corrected chi connectivity index (χ0v) is 14.8. The highest BCUT2D eigenvalue weighted by Crippen LogP contribution is 2.32. The minimum absolute atomic E-state index is 0.356. The van der Waals surface area contributed by atoms with Gasteiger partial charge in [0.05, 0.1) is 6.07 Å². The highest BCUT2D eigenvalue weighted by molar-refractivity contribution is 5.87. The molecule has 22 heavy (non-hydrogen) atoms. The molecule has 0 heterocycles. The molecule has 0 saturated heterocycles. The molecule has 0 fully saturated rings. The fourth-order valence-electron chi connectivity index (χ4n) is 1.61. The van der Waals surface area contributed by atoms with Crippen molar-refractivity contribution in [1.82, 2.24) is 0 Å². The summed E-state index contributed by atoms with van der Waals surface area (Å²) >= 11 is 0. The molecular formula is C17H27NO4. The van der Waals surface area contributed by atoms with Gasteiger partial charge in [-0.15, -0.1) is 0 Å². The second kappa shape index (κ2) is 6.95. The number of nitrogens with zero attached hydrogens (tertiary/aromatic N) is 1. The van der Waals surface area contributed by atoms with Crippen LogP contribution in [-0.4, -0.2) is 23.1 Å². The van der Waals surface area contributed by atoms with Crippen LogP contribution in [0.15, 0.2) is 12.2 Å². The SMILES string of the molecule is CC(C)C(C#N)(/C=C/C(=O)OC(C)(C)C)C(=O)OC(C)(C)C. The first-order chi connectivity index (χ1) is 9.73. The first-order valence-corrected chi connectivity index (χ1v) is 7.30. The first-order valence-electron chi connectivity index (χ1n) is 7.30. The molecule has 0 rings (SSSR count). The van der Waals surface area contributed by atoms with Gasteiger partial charge in [0.25, 0.3) is 0 Å². The van der Waals surface area contributed by atoms with Gasteiger partial charge in [-0.3, -0.25) is 0 Å². The quantitative estimate of drug-likeness (QED) is 0.587. The van der Waals surface area contributed by atoms with Crippen LogP contribution in [-0.2, 0) is 19.1 Å². The third kappa shape index (κ3) is 6.30. The lowest BCUT2D eigenvalue weighted by Crippen LogP contribution is -2.39. The molecule has 1 unspecified atom stereocenters. The maximum absolute atomic E-state index is 12.4. The average molecular weight is 309 g/mol. The number of hydrogen-bond donors (Lipinski definition) is 0. The van der Waals surface area contributed by atoms with Crippen molar-refractivity contribution < 1.29 is 19.1 Å². The molecule has 0 aromatic heterocycles. The molecule has 0 bridgehead atoms. The number of nitriles is 1. The minimum Gasteiger partial charge on any atom is -0.459 e. The normalized spacial score (nSPS) is 15.3. The van der Waals surface area contributed by atoms with Crippen LogP contribution >= 0.6 is 0 Å². The Hall–Kier alpha value is -1.83. The zero-order valence-electron chi connectivity index (χ0n) is 14.8. The molecule has 0 aromatic carbocycles. The molecular weight excluding hydrogens is 282 g/mol. The molecule has 0 saturated carbocycles. The molecule has 0 radical (unpaired) electrons. The van der Waals surface area contributed by atoms with E-state index in [1.165, 1.54) is 6.08 Å². The summed E-state index contributed by atoms with van der Waals surface area (Å²) in [6.07, 6.45) is 2.40. The smallest absolute Gasteiger partial charge is 0.331 e. The molecule has 0 aliphatic heterocycles. The Bertz CT molecular complexity index is 486. The summed E-state index contributed by atoms with van der Waals surface area (Å²) in [6.45, 7) is 13.9. The number of esters is 2. The van der Waals surface area contributed by atoms with Crippen molar-refractivity contribution in [2.75, 3.05) is 0 Å². The highest BCUT2D eigenvalue weighted by atomic mass is 16.6. The van der Waals surface area contributed by atoms with Crippen LogP contribution in [0.2, 0.25) is 0 Å². The van der Waals surface area contributed by atoms with Crippen molar-refractivity contribution in [2.45, 2.75) is 66.6 Å². The summed E-state index contributed by atoms with van der Waals surface area (Å²) in [5, 5.41) is 9.51. The van der Waals surface area contributed by atoms with Crippen LogP contribution in [0.5, 0.6) is 0 Å². The van der Waals surface area contributed by atoms with Gasteiger partial charge >= 0.3 is 11.9 Å². The molecule has 1 atom stereocenters. The molecule has 0 N–H and O–H groups in total. The Balaban J connectivity index is 5.44. The second-order valence-electron chi connectivity index (χ2n) is 7.50. The van der Waals surface area contributed by atoms with Crippen molar-refractivity contribution in [3.63, 3.8) is 0 Å². The summed E-state index contributed by atoms with van der Waals surface area (Å²) in [5.41, 5.74) is -2.88. The van der Waals surface area contributed by atoms with Crippen LogP contribution < -0.4 is 0 Å². The lowest BCUT2D eigenvalue weighted by atomic mass is 9.78. The standard InChI is InChI=1S/C17H27NO4/c1-12(2)17(11-18,14(20)22-16(6,7)8)10-9-13(19)21-15(3,4)5/h9-10,12H,1-8H3/b10-9+. The Kier molecular flexibility index (Phi) is 6.37. The average Bonchev–Trinajstić information content (AvgIpc) is 2.24. The Labute approximate surface area is 133 Å². The van der Waals surface area contributed by atoms with Gasteiger partial charge in [0, 0.05) is 6.08 Å². The second-order valence-corrected chi connectivity index (χ2v) is 7.50. The predicted octanol–water partition coefficient (Wildman–Crippen LogP) is 3.39. The van der Waals surface area contributed by atoms with Crippen LogP contribution in [0.1, 0.15) is 55.4 Å². The largest absolute Gasteiger partial charge is 0.459 e.